The summed E-state index contributed by atoms with van der Waals surface area (Å²) in [6, 6.07) is 4.84. The van der Waals surface area contributed by atoms with E-state index in [1.807, 2.05) is 6.92 Å². The van der Waals surface area contributed by atoms with Crippen LogP contribution in [0, 0.1) is 0 Å². The maximum absolute atomic E-state index is 11.8. The normalized spacial score (nSPS) is 13.1. The Hall–Kier alpha value is -2.24. The van der Waals surface area contributed by atoms with Gasteiger partial charge in [0.1, 0.15) is 0 Å². The number of aliphatic carboxylic acids is 1. The number of carboxylic acid groups (broad SMARTS) is 1. The van der Waals surface area contributed by atoms with Crippen LogP contribution in [0.3, 0.4) is 0 Å². The van der Waals surface area contributed by atoms with Gasteiger partial charge < -0.3 is 19.5 Å². The Morgan fingerprint density at radius 2 is 1.95 bits per heavy atom. The molecule has 1 rings (SSSR count). The van der Waals surface area contributed by atoms with Crippen LogP contribution in [0.4, 0.5) is 0 Å². The van der Waals surface area contributed by atoms with E-state index in [0.717, 1.165) is 0 Å². The number of hydrogen-bond donors (Lipinski definition) is 1. The zero-order chi connectivity index (χ0) is 16.0. The van der Waals surface area contributed by atoms with Crippen LogP contribution in [-0.2, 0) is 15.1 Å². The van der Waals surface area contributed by atoms with Gasteiger partial charge in [-0.1, -0.05) is 13.0 Å². The van der Waals surface area contributed by atoms with E-state index in [2.05, 4.69) is 0 Å². The highest BCUT2D eigenvalue weighted by atomic mass is 16.5. The maximum Gasteiger partial charge on any atom is 0.334 e. The van der Waals surface area contributed by atoms with Gasteiger partial charge in [0.15, 0.2) is 17.0 Å². The third-order valence-electron chi connectivity index (χ3n) is 3.53. The van der Waals surface area contributed by atoms with Gasteiger partial charge in [0, 0.05) is 6.54 Å². The lowest BCUT2D eigenvalue weighted by Gasteiger charge is -2.35. The number of rotatable bonds is 8. The Morgan fingerprint density at radius 1 is 1.33 bits per heavy atom. The van der Waals surface area contributed by atoms with E-state index < -0.39 is 11.5 Å². The van der Waals surface area contributed by atoms with Gasteiger partial charge in [-0.15, -0.1) is 0 Å². The van der Waals surface area contributed by atoms with Crippen molar-refractivity contribution in [2.24, 2.45) is 0 Å². The molecule has 6 nitrogen and oxygen atoms in total. The van der Waals surface area contributed by atoms with Crippen molar-refractivity contribution in [2.75, 3.05) is 20.8 Å². The second kappa shape index (κ2) is 6.97. The summed E-state index contributed by atoms with van der Waals surface area (Å²) in [4.78, 5) is 24.4. The number of methoxy groups -OCH3 is 2. The third kappa shape index (κ3) is 3.09. The molecule has 1 aromatic rings. The summed E-state index contributed by atoms with van der Waals surface area (Å²) in [6.45, 7) is 3.73. The summed E-state index contributed by atoms with van der Waals surface area (Å²) in [7, 11) is 2.98. The van der Waals surface area contributed by atoms with Crippen molar-refractivity contribution in [3.8, 4) is 11.5 Å². The topological polar surface area (TPSA) is 76.1 Å². The highest BCUT2D eigenvalue weighted by Crippen LogP contribution is 2.35. The minimum absolute atomic E-state index is 0.348. The quantitative estimate of drug-likeness (QED) is 0.741. The number of hydrogen-bond acceptors (Lipinski definition) is 4. The van der Waals surface area contributed by atoms with Gasteiger partial charge in [-0.25, -0.2) is 4.79 Å². The molecule has 1 atom stereocenters. The van der Waals surface area contributed by atoms with Crippen molar-refractivity contribution in [1.29, 1.82) is 0 Å². The molecule has 0 saturated carbocycles. The van der Waals surface area contributed by atoms with Crippen LogP contribution in [0.25, 0.3) is 0 Å². The Balaban J connectivity index is 3.40. The Morgan fingerprint density at radius 3 is 2.38 bits per heavy atom. The van der Waals surface area contributed by atoms with Gasteiger partial charge in [0.25, 0.3) is 0 Å². The molecule has 1 unspecified atom stereocenters. The Kier molecular flexibility index (Phi) is 5.58. The molecule has 21 heavy (non-hydrogen) atoms. The fourth-order valence-electron chi connectivity index (χ4n) is 2.17. The fraction of sp³-hybridized carbons (Fsp3) is 0.467. The van der Waals surface area contributed by atoms with Crippen molar-refractivity contribution in [3.05, 3.63) is 23.8 Å². The predicted octanol–water partition coefficient (Wildman–Crippen LogP) is 1.87. The SMILES string of the molecule is CCCN(C=O)C(C)(C(=O)O)c1ccc(OC)c(OC)c1. The van der Waals surface area contributed by atoms with Crippen molar-refractivity contribution < 1.29 is 24.2 Å². The van der Waals surface area contributed by atoms with Gasteiger partial charge in [0.2, 0.25) is 6.41 Å². The van der Waals surface area contributed by atoms with Gasteiger partial charge in [0.05, 0.1) is 14.2 Å². The van der Waals surface area contributed by atoms with E-state index in [0.29, 0.717) is 36.4 Å². The van der Waals surface area contributed by atoms with E-state index in [-0.39, 0.29) is 0 Å². The third-order valence-corrected chi connectivity index (χ3v) is 3.53. The first kappa shape index (κ1) is 16.8. The average molecular weight is 295 g/mol. The van der Waals surface area contributed by atoms with E-state index in [9.17, 15) is 14.7 Å². The van der Waals surface area contributed by atoms with Crippen LogP contribution in [0.1, 0.15) is 25.8 Å². The van der Waals surface area contributed by atoms with Crippen LogP contribution in [-0.4, -0.2) is 43.2 Å². The lowest BCUT2D eigenvalue weighted by atomic mass is 9.89. The molecule has 0 aromatic heterocycles. The molecule has 0 fully saturated rings. The van der Waals surface area contributed by atoms with E-state index in [1.54, 1.807) is 18.2 Å². The zero-order valence-corrected chi connectivity index (χ0v) is 12.8. The molecular weight excluding hydrogens is 274 g/mol. The summed E-state index contributed by atoms with van der Waals surface area (Å²) < 4.78 is 10.3. The second-order valence-electron chi connectivity index (χ2n) is 4.75. The number of ether oxygens (including phenoxy) is 2. The van der Waals surface area contributed by atoms with Crippen LogP contribution < -0.4 is 9.47 Å². The number of nitrogens with zero attached hydrogens (tertiary/aromatic N) is 1. The molecule has 0 radical (unpaired) electrons. The number of amides is 1. The van der Waals surface area contributed by atoms with Crippen LogP contribution in [0.5, 0.6) is 11.5 Å². The van der Waals surface area contributed by atoms with E-state index >= 15 is 0 Å². The van der Waals surface area contributed by atoms with Crippen molar-refractivity contribution in [1.82, 2.24) is 4.90 Å². The molecule has 0 aliphatic heterocycles. The summed E-state index contributed by atoms with van der Waals surface area (Å²) in [5.41, 5.74) is -1.01. The standard InChI is InChI=1S/C15H21NO5/c1-5-8-16(10-17)15(2,14(18)19)11-6-7-12(20-3)13(9-11)21-4/h6-7,9-10H,5,8H2,1-4H3,(H,18,19). The van der Waals surface area contributed by atoms with E-state index in [1.165, 1.54) is 26.0 Å². The lowest BCUT2D eigenvalue weighted by molar-refractivity contribution is -0.154. The van der Waals surface area contributed by atoms with Crippen molar-refractivity contribution in [2.45, 2.75) is 25.8 Å². The first-order chi connectivity index (χ1) is 9.95. The molecule has 0 spiro atoms. The molecule has 0 saturated heterocycles. The summed E-state index contributed by atoms with van der Waals surface area (Å²) in [5.74, 6) is -0.178. The molecule has 0 heterocycles. The number of benzene rings is 1. The van der Waals surface area contributed by atoms with Gasteiger partial charge in [-0.2, -0.15) is 0 Å². The average Bonchev–Trinajstić information content (AvgIpc) is 2.50. The maximum atomic E-state index is 11.8. The monoisotopic (exact) mass is 295 g/mol. The Labute approximate surface area is 124 Å². The van der Waals surface area contributed by atoms with E-state index in [4.69, 9.17) is 9.47 Å². The van der Waals surface area contributed by atoms with Crippen molar-refractivity contribution >= 4 is 12.4 Å². The Bertz CT molecular complexity index is 517. The summed E-state index contributed by atoms with van der Waals surface area (Å²) >= 11 is 0. The van der Waals surface area contributed by atoms with Crippen LogP contribution >= 0.6 is 0 Å². The smallest absolute Gasteiger partial charge is 0.334 e. The largest absolute Gasteiger partial charge is 0.493 e. The molecule has 6 heteroatoms. The summed E-state index contributed by atoms with van der Waals surface area (Å²) in [5, 5.41) is 9.63. The molecule has 116 valence electrons. The molecule has 1 amide bonds. The van der Waals surface area contributed by atoms with Gasteiger partial charge >= 0.3 is 5.97 Å². The lowest BCUT2D eigenvalue weighted by Crippen LogP contribution is -2.49. The van der Waals surface area contributed by atoms with Crippen LogP contribution in [0.2, 0.25) is 0 Å². The minimum atomic E-state index is -1.46. The fourth-order valence-corrected chi connectivity index (χ4v) is 2.17. The number of carbonyl (C=O) groups is 2. The highest BCUT2D eigenvalue weighted by molar-refractivity contribution is 5.83. The summed E-state index contributed by atoms with van der Waals surface area (Å²) in [6.07, 6.45) is 1.23. The highest BCUT2D eigenvalue weighted by Gasteiger charge is 2.41. The second-order valence-corrected chi connectivity index (χ2v) is 4.75. The van der Waals surface area contributed by atoms with Crippen LogP contribution in [0.15, 0.2) is 18.2 Å². The number of carbonyl (C=O) groups excluding carboxylic acids is 1. The molecule has 0 bridgehead atoms. The first-order valence-corrected chi connectivity index (χ1v) is 6.63. The predicted molar refractivity (Wildman–Crippen MR) is 77.6 cm³/mol. The molecule has 0 aliphatic rings. The van der Waals surface area contributed by atoms with Crippen molar-refractivity contribution in [3.63, 3.8) is 0 Å². The minimum Gasteiger partial charge on any atom is -0.493 e. The first-order valence-electron chi connectivity index (χ1n) is 6.63. The molecule has 1 aromatic carbocycles. The molecule has 0 aliphatic carbocycles. The molecule has 1 N–H and O–H groups in total. The number of carboxylic acids is 1. The van der Waals surface area contributed by atoms with Gasteiger partial charge in [-0.3, -0.25) is 4.79 Å². The molecular formula is C15H21NO5. The van der Waals surface area contributed by atoms with Gasteiger partial charge in [-0.05, 0) is 31.0 Å². The zero-order valence-electron chi connectivity index (χ0n) is 12.8.